The predicted molar refractivity (Wildman–Crippen MR) is 81.6 cm³/mol. The summed E-state index contributed by atoms with van der Waals surface area (Å²) < 4.78 is 13.1. The molecule has 2 rings (SSSR count). The lowest BCUT2D eigenvalue weighted by atomic mass is 10.1. The number of aromatic carboxylic acids is 1. The summed E-state index contributed by atoms with van der Waals surface area (Å²) in [6, 6.07) is 8.91. The van der Waals surface area contributed by atoms with Gasteiger partial charge in [0.05, 0.1) is 11.6 Å². The minimum Gasteiger partial charge on any atom is -0.478 e. The fourth-order valence-corrected chi connectivity index (χ4v) is 2.41. The fraction of sp³-hybridized carbons (Fsp3) is 0.188. The van der Waals surface area contributed by atoms with E-state index < -0.39 is 5.97 Å². The summed E-state index contributed by atoms with van der Waals surface area (Å²) in [4.78, 5) is 11.0. The summed E-state index contributed by atoms with van der Waals surface area (Å²) >= 11 is 6.04. The maximum Gasteiger partial charge on any atom is 0.335 e. The van der Waals surface area contributed by atoms with Crippen LogP contribution >= 0.6 is 11.6 Å². The summed E-state index contributed by atoms with van der Waals surface area (Å²) in [6.07, 6.45) is 0. The van der Waals surface area contributed by atoms with Crippen molar-refractivity contribution >= 4 is 23.3 Å². The van der Waals surface area contributed by atoms with Crippen molar-refractivity contribution in [2.45, 2.75) is 19.9 Å². The van der Waals surface area contributed by atoms with E-state index in [1.165, 1.54) is 12.1 Å². The summed E-state index contributed by atoms with van der Waals surface area (Å²) in [6.45, 7) is 3.76. The Kier molecular flexibility index (Phi) is 4.48. The average molecular weight is 308 g/mol. The first-order valence-corrected chi connectivity index (χ1v) is 6.81. The van der Waals surface area contributed by atoms with Crippen LogP contribution in [0.1, 0.15) is 34.5 Å². The normalized spacial score (nSPS) is 12.0. The van der Waals surface area contributed by atoms with E-state index in [-0.39, 0.29) is 17.4 Å². The first-order valence-electron chi connectivity index (χ1n) is 6.44. The number of carboxylic acid groups (broad SMARTS) is 1. The smallest absolute Gasteiger partial charge is 0.335 e. The van der Waals surface area contributed by atoms with E-state index in [0.717, 1.165) is 11.1 Å². The molecule has 2 aromatic carbocycles. The van der Waals surface area contributed by atoms with Crippen LogP contribution in [0, 0.1) is 12.7 Å². The van der Waals surface area contributed by atoms with Gasteiger partial charge in [-0.25, -0.2) is 9.18 Å². The molecule has 0 radical (unpaired) electrons. The molecule has 1 unspecified atom stereocenters. The van der Waals surface area contributed by atoms with E-state index in [0.29, 0.717) is 10.7 Å². The second kappa shape index (κ2) is 6.14. The Morgan fingerprint density at radius 1 is 1.29 bits per heavy atom. The van der Waals surface area contributed by atoms with Gasteiger partial charge in [0.15, 0.2) is 0 Å². The number of anilines is 1. The highest BCUT2D eigenvalue weighted by molar-refractivity contribution is 6.31. The molecular weight excluding hydrogens is 293 g/mol. The van der Waals surface area contributed by atoms with Crippen LogP contribution in [-0.2, 0) is 0 Å². The van der Waals surface area contributed by atoms with E-state index >= 15 is 0 Å². The van der Waals surface area contributed by atoms with Gasteiger partial charge in [0.2, 0.25) is 0 Å². The number of carboxylic acids is 1. The van der Waals surface area contributed by atoms with E-state index in [2.05, 4.69) is 5.32 Å². The quantitative estimate of drug-likeness (QED) is 0.863. The van der Waals surface area contributed by atoms with Gasteiger partial charge in [0.25, 0.3) is 0 Å². The monoisotopic (exact) mass is 307 g/mol. The number of halogens is 2. The summed E-state index contributed by atoms with van der Waals surface area (Å²) in [5.41, 5.74) is 2.59. The number of aryl methyl sites for hydroxylation is 1. The van der Waals surface area contributed by atoms with Crippen LogP contribution < -0.4 is 5.32 Å². The standard InChI is InChI=1S/C16H15ClFNO2/c1-9-3-4-11(16(20)21)7-15(9)19-10(2)13-6-5-12(18)8-14(13)17/h3-8,10,19H,1-2H3,(H,20,21). The molecule has 0 saturated heterocycles. The van der Waals surface area contributed by atoms with Crippen LogP contribution in [0.3, 0.4) is 0 Å². The number of carbonyl (C=O) groups is 1. The zero-order valence-corrected chi connectivity index (χ0v) is 12.4. The molecule has 0 amide bonds. The zero-order valence-electron chi connectivity index (χ0n) is 11.7. The molecule has 3 nitrogen and oxygen atoms in total. The molecular formula is C16H15ClFNO2. The fourth-order valence-electron chi connectivity index (χ4n) is 2.07. The first kappa shape index (κ1) is 15.3. The second-order valence-electron chi connectivity index (χ2n) is 4.87. The van der Waals surface area contributed by atoms with Gasteiger partial charge in [-0.1, -0.05) is 23.7 Å². The van der Waals surface area contributed by atoms with Crippen molar-refractivity contribution in [3.05, 3.63) is 63.9 Å². The Labute approximate surface area is 127 Å². The van der Waals surface area contributed by atoms with Gasteiger partial charge >= 0.3 is 5.97 Å². The third kappa shape index (κ3) is 3.52. The molecule has 0 aliphatic heterocycles. The molecule has 0 aliphatic rings. The van der Waals surface area contributed by atoms with E-state index in [1.807, 2.05) is 13.8 Å². The molecule has 0 fully saturated rings. The lowest BCUT2D eigenvalue weighted by molar-refractivity contribution is 0.0697. The van der Waals surface area contributed by atoms with Crippen molar-refractivity contribution < 1.29 is 14.3 Å². The van der Waals surface area contributed by atoms with Crippen LogP contribution in [0.15, 0.2) is 36.4 Å². The molecule has 0 heterocycles. The number of benzene rings is 2. The highest BCUT2D eigenvalue weighted by Gasteiger charge is 2.13. The number of hydrogen-bond acceptors (Lipinski definition) is 2. The third-order valence-electron chi connectivity index (χ3n) is 3.29. The molecule has 2 aromatic rings. The van der Waals surface area contributed by atoms with Gasteiger partial charge in [0, 0.05) is 10.7 Å². The van der Waals surface area contributed by atoms with Crippen molar-refractivity contribution in [3.8, 4) is 0 Å². The summed E-state index contributed by atoms with van der Waals surface area (Å²) in [5, 5.41) is 12.6. The predicted octanol–water partition coefficient (Wildman–Crippen LogP) is 4.66. The van der Waals surface area contributed by atoms with Gasteiger partial charge in [0.1, 0.15) is 5.82 Å². The van der Waals surface area contributed by atoms with Crippen molar-refractivity contribution in [2.75, 3.05) is 5.32 Å². The molecule has 1 atom stereocenters. The van der Waals surface area contributed by atoms with Crippen LogP contribution in [0.4, 0.5) is 10.1 Å². The van der Waals surface area contributed by atoms with Crippen molar-refractivity contribution in [1.29, 1.82) is 0 Å². The molecule has 110 valence electrons. The number of rotatable bonds is 4. The zero-order chi connectivity index (χ0) is 15.6. The van der Waals surface area contributed by atoms with E-state index in [9.17, 15) is 9.18 Å². The molecule has 0 aliphatic carbocycles. The molecule has 0 saturated carbocycles. The average Bonchev–Trinajstić information content (AvgIpc) is 2.40. The number of nitrogens with one attached hydrogen (secondary N) is 1. The van der Waals surface area contributed by atoms with E-state index in [1.54, 1.807) is 24.3 Å². The lowest BCUT2D eigenvalue weighted by Crippen LogP contribution is -2.09. The Bertz CT molecular complexity index is 688. The minimum atomic E-state index is -0.981. The van der Waals surface area contributed by atoms with Crippen LogP contribution in [0.5, 0.6) is 0 Å². The Hall–Kier alpha value is -2.07. The van der Waals surface area contributed by atoms with Gasteiger partial charge in [-0.2, -0.15) is 0 Å². The van der Waals surface area contributed by atoms with Gasteiger partial charge in [-0.3, -0.25) is 0 Å². The van der Waals surface area contributed by atoms with Crippen molar-refractivity contribution in [1.82, 2.24) is 0 Å². The highest BCUT2D eigenvalue weighted by atomic mass is 35.5. The second-order valence-corrected chi connectivity index (χ2v) is 5.27. The third-order valence-corrected chi connectivity index (χ3v) is 3.61. The molecule has 0 aromatic heterocycles. The minimum absolute atomic E-state index is 0.180. The molecule has 5 heteroatoms. The summed E-state index contributed by atoms with van der Waals surface area (Å²) in [7, 11) is 0. The topological polar surface area (TPSA) is 49.3 Å². The largest absolute Gasteiger partial charge is 0.478 e. The summed E-state index contributed by atoms with van der Waals surface area (Å²) in [5.74, 6) is -1.37. The lowest BCUT2D eigenvalue weighted by Gasteiger charge is -2.19. The van der Waals surface area contributed by atoms with Crippen molar-refractivity contribution in [3.63, 3.8) is 0 Å². The van der Waals surface area contributed by atoms with Crippen LogP contribution in [-0.4, -0.2) is 11.1 Å². The highest BCUT2D eigenvalue weighted by Crippen LogP contribution is 2.28. The molecule has 2 N–H and O–H groups in total. The Balaban J connectivity index is 2.28. The molecule has 0 bridgehead atoms. The van der Waals surface area contributed by atoms with Crippen LogP contribution in [0.2, 0.25) is 5.02 Å². The number of hydrogen-bond donors (Lipinski definition) is 2. The van der Waals surface area contributed by atoms with Crippen molar-refractivity contribution in [2.24, 2.45) is 0 Å². The van der Waals surface area contributed by atoms with Gasteiger partial charge in [-0.15, -0.1) is 0 Å². The van der Waals surface area contributed by atoms with E-state index in [4.69, 9.17) is 16.7 Å². The maximum atomic E-state index is 13.1. The van der Waals surface area contributed by atoms with Gasteiger partial charge < -0.3 is 10.4 Å². The van der Waals surface area contributed by atoms with Gasteiger partial charge in [-0.05, 0) is 49.2 Å². The molecule has 21 heavy (non-hydrogen) atoms. The SMILES string of the molecule is Cc1ccc(C(=O)O)cc1NC(C)c1ccc(F)cc1Cl. The first-order chi connectivity index (χ1) is 9.88. The molecule has 0 spiro atoms. The Morgan fingerprint density at radius 3 is 2.62 bits per heavy atom. The van der Waals surface area contributed by atoms with Crippen LogP contribution in [0.25, 0.3) is 0 Å². The Morgan fingerprint density at radius 2 is 2.00 bits per heavy atom. The maximum absolute atomic E-state index is 13.1.